The minimum Gasteiger partial charge on any atom is -0.490 e. The van der Waals surface area contributed by atoms with Crippen LogP contribution in [-0.4, -0.2) is 6.61 Å². The van der Waals surface area contributed by atoms with Crippen LogP contribution >= 0.6 is 39.1 Å². The summed E-state index contributed by atoms with van der Waals surface area (Å²) >= 11 is 16.2. The number of benzene rings is 3. The zero-order valence-corrected chi connectivity index (χ0v) is 20.0. The second kappa shape index (κ2) is 11.1. The van der Waals surface area contributed by atoms with Crippen molar-refractivity contribution in [2.24, 2.45) is 0 Å². The van der Waals surface area contributed by atoms with Gasteiger partial charge in [0.25, 0.3) is 0 Å². The lowest BCUT2D eigenvalue weighted by Gasteiger charge is -2.18. The Labute approximate surface area is 196 Å². The molecule has 1 N–H and O–H groups in total. The highest BCUT2D eigenvalue weighted by molar-refractivity contribution is 9.10. The van der Waals surface area contributed by atoms with E-state index < -0.39 is 0 Å². The van der Waals surface area contributed by atoms with Gasteiger partial charge < -0.3 is 14.8 Å². The van der Waals surface area contributed by atoms with Gasteiger partial charge >= 0.3 is 0 Å². The topological polar surface area (TPSA) is 30.5 Å². The molecule has 0 radical (unpaired) electrons. The van der Waals surface area contributed by atoms with E-state index in [0.29, 0.717) is 34.7 Å². The number of ether oxygens (including phenoxy) is 2. The molecular weight excluding hydrogens is 485 g/mol. The Balaban J connectivity index is 1.75. The van der Waals surface area contributed by atoms with Crippen LogP contribution in [0.5, 0.6) is 11.5 Å². The minimum atomic E-state index is 0.235. The van der Waals surface area contributed by atoms with E-state index in [0.717, 1.165) is 15.6 Å². The van der Waals surface area contributed by atoms with Gasteiger partial charge in [0.2, 0.25) is 0 Å². The summed E-state index contributed by atoms with van der Waals surface area (Å²) in [5.74, 6) is 1.31. The van der Waals surface area contributed by atoms with Crippen LogP contribution in [-0.2, 0) is 13.2 Å². The predicted octanol–water partition coefficient (Wildman–Crippen LogP) is 7.58. The van der Waals surface area contributed by atoms with Crippen molar-refractivity contribution in [3.8, 4) is 11.5 Å². The predicted molar refractivity (Wildman–Crippen MR) is 128 cm³/mol. The Hall–Kier alpha value is -1.72. The molecule has 0 aliphatic carbocycles. The summed E-state index contributed by atoms with van der Waals surface area (Å²) in [6.45, 7) is 5.59. The molecule has 1 unspecified atom stereocenters. The Morgan fingerprint density at radius 2 is 1.67 bits per heavy atom. The van der Waals surface area contributed by atoms with E-state index >= 15 is 0 Å². The van der Waals surface area contributed by atoms with Gasteiger partial charge in [-0.05, 0) is 65.2 Å². The van der Waals surface area contributed by atoms with E-state index in [1.807, 2.05) is 31.2 Å². The Morgan fingerprint density at radius 3 is 2.33 bits per heavy atom. The highest BCUT2D eigenvalue weighted by atomic mass is 79.9. The fraction of sp³-hybridized carbons (Fsp3) is 0.250. The summed E-state index contributed by atoms with van der Waals surface area (Å²) in [4.78, 5) is 0. The first-order chi connectivity index (χ1) is 14.5. The van der Waals surface area contributed by atoms with E-state index in [2.05, 4.69) is 52.4 Å². The van der Waals surface area contributed by atoms with Gasteiger partial charge in [0, 0.05) is 28.2 Å². The zero-order valence-electron chi connectivity index (χ0n) is 16.9. The third kappa shape index (κ3) is 5.92. The van der Waals surface area contributed by atoms with E-state index in [4.69, 9.17) is 32.7 Å². The minimum absolute atomic E-state index is 0.235. The Morgan fingerprint density at radius 1 is 0.967 bits per heavy atom. The van der Waals surface area contributed by atoms with Crippen molar-refractivity contribution < 1.29 is 9.47 Å². The first kappa shape index (κ1) is 23.0. The summed E-state index contributed by atoms with van der Waals surface area (Å²) in [6, 6.07) is 20.1. The molecule has 0 aromatic heterocycles. The van der Waals surface area contributed by atoms with Crippen molar-refractivity contribution in [2.45, 2.75) is 33.0 Å². The van der Waals surface area contributed by atoms with Crippen molar-refractivity contribution in [3.63, 3.8) is 0 Å². The molecule has 0 saturated heterocycles. The van der Waals surface area contributed by atoms with Crippen LogP contribution in [0.3, 0.4) is 0 Å². The molecule has 3 aromatic rings. The van der Waals surface area contributed by atoms with Crippen LogP contribution in [0, 0.1) is 0 Å². The maximum absolute atomic E-state index is 6.27. The van der Waals surface area contributed by atoms with Crippen molar-refractivity contribution in [1.29, 1.82) is 0 Å². The summed E-state index contributed by atoms with van der Waals surface area (Å²) in [5, 5.41) is 4.70. The van der Waals surface area contributed by atoms with Crippen molar-refractivity contribution in [3.05, 3.63) is 91.9 Å². The van der Waals surface area contributed by atoms with Gasteiger partial charge in [-0.15, -0.1) is 0 Å². The third-order valence-electron chi connectivity index (χ3n) is 4.70. The summed E-state index contributed by atoms with van der Waals surface area (Å²) in [6.07, 6.45) is 0. The normalized spacial score (nSPS) is 11.9. The molecule has 3 rings (SSSR count). The second-order valence-electron chi connectivity index (χ2n) is 6.84. The molecular formula is C24H24BrCl2NO2. The number of halogens is 3. The number of hydrogen-bond acceptors (Lipinski definition) is 3. The molecule has 0 fully saturated rings. The van der Waals surface area contributed by atoms with Crippen molar-refractivity contribution >= 4 is 39.1 Å². The number of hydrogen-bond donors (Lipinski definition) is 1. The van der Waals surface area contributed by atoms with Crippen LogP contribution in [0.1, 0.15) is 36.6 Å². The summed E-state index contributed by atoms with van der Waals surface area (Å²) in [7, 11) is 0. The van der Waals surface area contributed by atoms with Gasteiger partial charge in [-0.2, -0.15) is 0 Å². The van der Waals surface area contributed by atoms with Gasteiger partial charge in [0.05, 0.1) is 11.1 Å². The van der Waals surface area contributed by atoms with Crippen molar-refractivity contribution in [2.75, 3.05) is 6.61 Å². The second-order valence-corrected chi connectivity index (χ2v) is 8.51. The largest absolute Gasteiger partial charge is 0.490 e. The average molecular weight is 509 g/mol. The molecule has 6 heteroatoms. The maximum Gasteiger partial charge on any atom is 0.175 e. The number of rotatable bonds is 9. The fourth-order valence-corrected chi connectivity index (χ4v) is 4.18. The van der Waals surface area contributed by atoms with Gasteiger partial charge in [0.1, 0.15) is 6.61 Å². The monoisotopic (exact) mass is 507 g/mol. The molecule has 0 aliphatic heterocycles. The highest BCUT2D eigenvalue weighted by Crippen LogP contribution is 2.38. The zero-order chi connectivity index (χ0) is 21.5. The first-order valence-electron chi connectivity index (χ1n) is 9.78. The molecule has 0 heterocycles. The van der Waals surface area contributed by atoms with E-state index in [1.165, 1.54) is 5.56 Å². The first-order valence-corrected chi connectivity index (χ1v) is 11.3. The van der Waals surface area contributed by atoms with Crippen LogP contribution < -0.4 is 14.8 Å². The lowest BCUT2D eigenvalue weighted by atomic mass is 10.1. The molecule has 3 aromatic carbocycles. The van der Waals surface area contributed by atoms with Crippen LogP contribution in [0.2, 0.25) is 10.0 Å². The van der Waals surface area contributed by atoms with Gasteiger partial charge in [-0.25, -0.2) is 0 Å². The molecule has 158 valence electrons. The average Bonchev–Trinajstić information content (AvgIpc) is 2.74. The van der Waals surface area contributed by atoms with E-state index in [9.17, 15) is 0 Å². The van der Waals surface area contributed by atoms with Gasteiger partial charge in [-0.3, -0.25) is 0 Å². The quantitative estimate of drug-likeness (QED) is 0.323. The molecule has 0 saturated carbocycles. The number of nitrogens with one attached hydrogen (secondary N) is 1. The fourth-order valence-electron chi connectivity index (χ4n) is 3.07. The molecule has 0 bridgehead atoms. The van der Waals surface area contributed by atoms with Crippen LogP contribution in [0.15, 0.2) is 65.1 Å². The molecule has 30 heavy (non-hydrogen) atoms. The molecule has 1 atom stereocenters. The smallest absolute Gasteiger partial charge is 0.175 e. The highest BCUT2D eigenvalue weighted by Gasteiger charge is 2.15. The van der Waals surface area contributed by atoms with E-state index in [-0.39, 0.29) is 12.6 Å². The lowest BCUT2D eigenvalue weighted by Crippen LogP contribution is -2.18. The maximum atomic E-state index is 6.27. The summed E-state index contributed by atoms with van der Waals surface area (Å²) in [5.41, 5.74) is 3.09. The molecule has 0 spiro atoms. The molecule has 0 aliphatic rings. The van der Waals surface area contributed by atoms with Crippen LogP contribution in [0.4, 0.5) is 0 Å². The third-order valence-corrected chi connectivity index (χ3v) is 6.00. The van der Waals surface area contributed by atoms with Crippen molar-refractivity contribution in [1.82, 2.24) is 5.32 Å². The van der Waals surface area contributed by atoms with Gasteiger partial charge in [0.15, 0.2) is 11.5 Å². The van der Waals surface area contributed by atoms with Gasteiger partial charge in [-0.1, -0.05) is 59.6 Å². The SMILES string of the molecule is CCOc1cc(CNC(C)c2ccccc2)cc(Br)c1OCc1c(Cl)cccc1Cl. The Kier molecular flexibility index (Phi) is 8.46. The Bertz CT molecular complexity index is 962. The lowest BCUT2D eigenvalue weighted by molar-refractivity contribution is 0.267. The molecule has 3 nitrogen and oxygen atoms in total. The van der Waals surface area contributed by atoms with E-state index in [1.54, 1.807) is 12.1 Å². The van der Waals surface area contributed by atoms with Crippen LogP contribution in [0.25, 0.3) is 0 Å². The standard InChI is InChI=1S/C24H24BrCl2NO2/c1-3-29-23-13-17(14-28-16(2)18-8-5-4-6-9-18)12-20(25)24(23)30-15-19-21(26)10-7-11-22(19)27/h4-13,16,28H,3,14-15H2,1-2H3. The molecule has 0 amide bonds. The summed E-state index contributed by atoms with van der Waals surface area (Å²) < 4.78 is 12.7.